The molecule has 1 aliphatic rings. The first-order chi connectivity index (χ1) is 8.54. The van der Waals surface area contributed by atoms with E-state index in [9.17, 15) is 9.18 Å². The molecule has 1 fully saturated rings. The second-order valence-electron chi connectivity index (χ2n) is 4.31. The Hall–Kier alpha value is -1.14. The number of hydrogen-bond acceptors (Lipinski definition) is 3. The van der Waals surface area contributed by atoms with Gasteiger partial charge in [-0.2, -0.15) is 0 Å². The quantitative estimate of drug-likeness (QED) is 0.895. The third-order valence-electron chi connectivity index (χ3n) is 3.16. The summed E-state index contributed by atoms with van der Waals surface area (Å²) in [6.07, 6.45) is 0. The Morgan fingerprint density at radius 2 is 2.17 bits per heavy atom. The molecule has 1 aliphatic heterocycles. The molecule has 0 spiro atoms. The van der Waals surface area contributed by atoms with Crippen LogP contribution in [-0.4, -0.2) is 37.5 Å². The van der Waals surface area contributed by atoms with Crippen LogP contribution >= 0.6 is 15.9 Å². The molecule has 1 amide bonds. The van der Waals surface area contributed by atoms with Crippen LogP contribution in [0.2, 0.25) is 0 Å². The monoisotopic (exact) mass is 315 g/mol. The lowest BCUT2D eigenvalue weighted by molar-refractivity contribution is -0.129. The SMILES string of the molecule is CN1CCN(c2ccc(CN)c(Br)c2F)CC1=O. The molecule has 0 bridgehead atoms. The lowest BCUT2D eigenvalue weighted by Crippen LogP contribution is -2.48. The van der Waals surface area contributed by atoms with Gasteiger partial charge in [0, 0.05) is 26.7 Å². The number of hydrogen-bond donors (Lipinski definition) is 1. The summed E-state index contributed by atoms with van der Waals surface area (Å²) < 4.78 is 14.6. The molecular formula is C12H15BrFN3O. The molecule has 98 valence electrons. The van der Waals surface area contributed by atoms with Gasteiger partial charge in [-0.15, -0.1) is 0 Å². The van der Waals surface area contributed by atoms with Crippen molar-refractivity contribution in [2.75, 3.05) is 31.6 Å². The van der Waals surface area contributed by atoms with Gasteiger partial charge >= 0.3 is 0 Å². The van der Waals surface area contributed by atoms with E-state index >= 15 is 0 Å². The first-order valence-corrected chi connectivity index (χ1v) is 6.49. The number of carbonyl (C=O) groups excluding carboxylic acids is 1. The number of nitrogens with zero attached hydrogens (tertiary/aromatic N) is 2. The van der Waals surface area contributed by atoms with Gasteiger partial charge in [0.15, 0.2) is 5.82 Å². The Morgan fingerprint density at radius 1 is 1.44 bits per heavy atom. The van der Waals surface area contributed by atoms with Gasteiger partial charge in [-0.3, -0.25) is 4.79 Å². The van der Waals surface area contributed by atoms with Crippen molar-refractivity contribution in [1.82, 2.24) is 4.90 Å². The fourth-order valence-corrected chi connectivity index (χ4v) is 2.44. The van der Waals surface area contributed by atoms with Crippen LogP contribution in [0.5, 0.6) is 0 Å². The molecule has 1 aromatic carbocycles. The zero-order chi connectivity index (χ0) is 13.3. The van der Waals surface area contributed by atoms with Crippen LogP contribution in [0, 0.1) is 5.82 Å². The maximum Gasteiger partial charge on any atom is 0.241 e. The van der Waals surface area contributed by atoms with Crippen LogP contribution in [-0.2, 0) is 11.3 Å². The highest BCUT2D eigenvalue weighted by atomic mass is 79.9. The van der Waals surface area contributed by atoms with Crippen molar-refractivity contribution in [1.29, 1.82) is 0 Å². The third-order valence-corrected chi connectivity index (χ3v) is 4.02. The topological polar surface area (TPSA) is 49.6 Å². The first-order valence-electron chi connectivity index (χ1n) is 5.70. The summed E-state index contributed by atoms with van der Waals surface area (Å²) >= 11 is 3.21. The molecule has 0 unspecified atom stereocenters. The van der Waals surface area contributed by atoms with Gasteiger partial charge in [-0.05, 0) is 27.6 Å². The number of amides is 1. The summed E-state index contributed by atoms with van der Waals surface area (Å²) in [4.78, 5) is 15.0. The number of likely N-dealkylation sites (N-methyl/N-ethyl adjacent to an activating group) is 1. The van der Waals surface area contributed by atoms with Gasteiger partial charge in [0.1, 0.15) is 0 Å². The van der Waals surface area contributed by atoms with E-state index in [1.165, 1.54) is 0 Å². The minimum Gasteiger partial charge on any atom is -0.358 e. The van der Waals surface area contributed by atoms with Gasteiger partial charge < -0.3 is 15.5 Å². The predicted molar refractivity (Wildman–Crippen MR) is 71.8 cm³/mol. The fourth-order valence-electron chi connectivity index (χ4n) is 1.95. The van der Waals surface area contributed by atoms with Crippen LogP contribution in [0.15, 0.2) is 16.6 Å². The standard InChI is InChI=1S/C12H15BrFN3O/c1-16-4-5-17(7-10(16)18)9-3-2-8(6-15)11(13)12(9)14/h2-3H,4-7,15H2,1H3. The maximum absolute atomic E-state index is 14.2. The minimum atomic E-state index is -0.352. The average molecular weight is 316 g/mol. The van der Waals surface area contributed by atoms with Crippen molar-refractivity contribution in [2.45, 2.75) is 6.54 Å². The second kappa shape index (κ2) is 5.24. The van der Waals surface area contributed by atoms with Crippen LogP contribution in [0.3, 0.4) is 0 Å². The number of halogens is 2. The Balaban J connectivity index is 2.29. The van der Waals surface area contributed by atoms with Crippen LogP contribution < -0.4 is 10.6 Å². The van der Waals surface area contributed by atoms with Gasteiger partial charge in [-0.25, -0.2) is 4.39 Å². The van der Waals surface area contributed by atoms with Crippen molar-refractivity contribution < 1.29 is 9.18 Å². The van der Waals surface area contributed by atoms with Crippen LogP contribution in [0.1, 0.15) is 5.56 Å². The van der Waals surface area contributed by atoms with Crippen LogP contribution in [0.4, 0.5) is 10.1 Å². The number of benzene rings is 1. The second-order valence-corrected chi connectivity index (χ2v) is 5.11. The van der Waals surface area contributed by atoms with Crippen molar-refractivity contribution in [3.05, 3.63) is 28.0 Å². The van der Waals surface area contributed by atoms with Crippen molar-refractivity contribution in [3.63, 3.8) is 0 Å². The smallest absolute Gasteiger partial charge is 0.241 e. The van der Waals surface area contributed by atoms with E-state index in [4.69, 9.17) is 5.73 Å². The average Bonchev–Trinajstić information content (AvgIpc) is 2.36. The lowest BCUT2D eigenvalue weighted by atomic mass is 10.1. The van der Waals surface area contributed by atoms with E-state index in [0.717, 1.165) is 5.56 Å². The molecule has 2 N–H and O–H groups in total. The van der Waals surface area contributed by atoms with E-state index < -0.39 is 0 Å². The summed E-state index contributed by atoms with van der Waals surface area (Å²) in [6.45, 7) is 1.73. The summed E-state index contributed by atoms with van der Waals surface area (Å²) in [5, 5.41) is 0. The highest BCUT2D eigenvalue weighted by Crippen LogP contribution is 2.29. The summed E-state index contributed by atoms with van der Waals surface area (Å²) in [5.74, 6) is -0.352. The van der Waals surface area contributed by atoms with E-state index in [-0.39, 0.29) is 24.8 Å². The molecule has 18 heavy (non-hydrogen) atoms. The highest BCUT2D eigenvalue weighted by molar-refractivity contribution is 9.10. The molecule has 0 aliphatic carbocycles. The molecule has 4 nitrogen and oxygen atoms in total. The van der Waals surface area contributed by atoms with E-state index in [2.05, 4.69) is 15.9 Å². The number of rotatable bonds is 2. The van der Waals surface area contributed by atoms with Crippen LogP contribution in [0.25, 0.3) is 0 Å². The van der Waals surface area contributed by atoms with Crippen molar-refractivity contribution >= 4 is 27.5 Å². The molecular weight excluding hydrogens is 301 g/mol. The number of nitrogens with two attached hydrogens (primary N) is 1. The maximum atomic E-state index is 14.2. The third kappa shape index (κ3) is 2.35. The van der Waals surface area contributed by atoms with E-state index in [1.54, 1.807) is 29.0 Å². The zero-order valence-electron chi connectivity index (χ0n) is 10.1. The molecule has 1 heterocycles. The first kappa shape index (κ1) is 13.3. The van der Waals surface area contributed by atoms with Gasteiger partial charge in [0.2, 0.25) is 5.91 Å². The van der Waals surface area contributed by atoms with Gasteiger partial charge in [0.25, 0.3) is 0 Å². The summed E-state index contributed by atoms with van der Waals surface area (Å²) in [7, 11) is 1.75. The molecule has 0 saturated carbocycles. The van der Waals surface area contributed by atoms with Crippen molar-refractivity contribution in [3.8, 4) is 0 Å². The molecule has 6 heteroatoms. The van der Waals surface area contributed by atoms with E-state index in [1.807, 2.05) is 0 Å². The zero-order valence-corrected chi connectivity index (χ0v) is 11.7. The number of anilines is 1. The number of piperazine rings is 1. The summed E-state index contributed by atoms with van der Waals surface area (Å²) in [5.41, 5.74) is 6.68. The Bertz CT molecular complexity index is 481. The Labute approximate surface area is 114 Å². The molecule has 0 aromatic heterocycles. The largest absolute Gasteiger partial charge is 0.358 e. The number of carbonyl (C=O) groups is 1. The fraction of sp³-hybridized carbons (Fsp3) is 0.417. The normalized spacial score (nSPS) is 16.3. The molecule has 1 saturated heterocycles. The van der Waals surface area contributed by atoms with Crippen molar-refractivity contribution in [2.24, 2.45) is 5.73 Å². The molecule has 2 rings (SSSR count). The molecule has 1 aromatic rings. The molecule has 0 atom stereocenters. The lowest BCUT2D eigenvalue weighted by Gasteiger charge is -2.33. The Morgan fingerprint density at radius 3 is 2.78 bits per heavy atom. The van der Waals surface area contributed by atoms with Gasteiger partial charge in [0.05, 0.1) is 16.7 Å². The molecule has 0 radical (unpaired) electrons. The van der Waals surface area contributed by atoms with E-state index in [0.29, 0.717) is 23.2 Å². The summed E-state index contributed by atoms with van der Waals surface area (Å²) in [6, 6.07) is 3.46. The highest BCUT2D eigenvalue weighted by Gasteiger charge is 2.24. The predicted octanol–water partition coefficient (Wildman–Crippen LogP) is 1.33. The van der Waals surface area contributed by atoms with Gasteiger partial charge in [-0.1, -0.05) is 6.07 Å². The minimum absolute atomic E-state index is 0.000302. The Kier molecular flexibility index (Phi) is 3.87.